The van der Waals surface area contributed by atoms with Gasteiger partial charge in [-0.15, -0.1) is 0 Å². The third-order valence-electron chi connectivity index (χ3n) is 5.54. The number of rotatable bonds is 4. The molecule has 0 amide bonds. The van der Waals surface area contributed by atoms with E-state index in [1.54, 1.807) is 0 Å². The maximum atomic E-state index is 11.6. The molecule has 2 saturated heterocycles. The Morgan fingerprint density at radius 3 is 2.96 bits per heavy atom. The maximum Gasteiger partial charge on any atom is 0.338 e. The number of hydrogen-bond acceptors (Lipinski definition) is 5. The van der Waals surface area contributed by atoms with Gasteiger partial charge in [-0.2, -0.15) is 0 Å². The number of benzene rings is 1. The Hall–Kier alpha value is -1.59. The minimum atomic E-state index is -0.195. The lowest BCUT2D eigenvalue weighted by Crippen LogP contribution is -2.26. The highest BCUT2D eigenvalue weighted by Crippen LogP contribution is 2.28. The summed E-state index contributed by atoms with van der Waals surface area (Å²) in [7, 11) is 0. The molecule has 3 aliphatic rings. The fourth-order valence-corrected chi connectivity index (χ4v) is 3.99. The van der Waals surface area contributed by atoms with Crippen LogP contribution in [0.15, 0.2) is 18.2 Å². The molecule has 1 aromatic carbocycles. The van der Waals surface area contributed by atoms with Gasteiger partial charge < -0.3 is 19.1 Å². The Balaban J connectivity index is 1.31. The maximum absolute atomic E-state index is 11.6. The van der Waals surface area contributed by atoms with Gasteiger partial charge in [-0.25, -0.2) is 4.79 Å². The first-order valence-corrected chi connectivity index (χ1v) is 9.58. The number of carbonyl (C=O) groups is 1. The summed E-state index contributed by atoms with van der Waals surface area (Å²) in [5.41, 5.74) is 2.94. The van der Waals surface area contributed by atoms with Gasteiger partial charge in [0.25, 0.3) is 0 Å². The van der Waals surface area contributed by atoms with Crippen LogP contribution in [0.3, 0.4) is 0 Å². The molecule has 0 aliphatic carbocycles. The van der Waals surface area contributed by atoms with Crippen molar-refractivity contribution in [3.05, 3.63) is 29.3 Å². The lowest BCUT2D eigenvalue weighted by atomic mass is 10.0. The molecular weight excluding hydrogens is 318 g/mol. The molecule has 3 heterocycles. The van der Waals surface area contributed by atoms with Crippen LogP contribution in [0.1, 0.15) is 54.4 Å². The smallest absolute Gasteiger partial charge is 0.338 e. The molecule has 2 fully saturated rings. The summed E-state index contributed by atoms with van der Waals surface area (Å²) in [5, 5.41) is 0. The first kappa shape index (κ1) is 16.9. The van der Waals surface area contributed by atoms with Crippen LogP contribution in [0.5, 0.6) is 0 Å². The molecule has 5 heteroatoms. The summed E-state index contributed by atoms with van der Waals surface area (Å²) in [5.74, 6) is 0.412. The molecule has 0 aromatic heterocycles. The number of nitrogens with zero attached hydrogens (tertiary/aromatic N) is 1. The van der Waals surface area contributed by atoms with Crippen LogP contribution in [-0.4, -0.2) is 38.6 Å². The third kappa shape index (κ3) is 3.98. The van der Waals surface area contributed by atoms with E-state index in [0.29, 0.717) is 12.5 Å². The lowest BCUT2D eigenvalue weighted by Gasteiger charge is -2.25. The van der Waals surface area contributed by atoms with Gasteiger partial charge in [-0.1, -0.05) is 0 Å². The zero-order chi connectivity index (χ0) is 17.1. The van der Waals surface area contributed by atoms with Crippen LogP contribution < -0.4 is 4.90 Å². The number of ether oxygens (including phenoxy) is 3. The van der Waals surface area contributed by atoms with Crippen LogP contribution in [0.2, 0.25) is 0 Å². The monoisotopic (exact) mass is 345 g/mol. The summed E-state index contributed by atoms with van der Waals surface area (Å²) < 4.78 is 16.8. The number of fused-ring (bicyclic) bond motifs is 1. The molecule has 5 nitrogen and oxygen atoms in total. The Labute approximate surface area is 149 Å². The minimum Gasteiger partial charge on any atom is -0.457 e. The summed E-state index contributed by atoms with van der Waals surface area (Å²) in [4.78, 5) is 14.0. The van der Waals surface area contributed by atoms with Gasteiger partial charge in [-0.3, -0.25) is 0 Å². The van der Waals surface area contributed by atoms with Crippen molar-refractivity contribution in [1.82, 2.24) is 0 Å². The Bertz CT molecular complexity index is 612. The number of hydrogen-bond donors (Lipinski definition) is 0. The summed E-state index contributed by atoms with van der Waals surface area (Å²) >= 11 is 0. The molecule has 1 aromatic rings. The molecule has 2 unspecified atom stereocenters. The van der Waals surface area contributed by atoms with E-state index in [9.17, 15) is 4.79 Å². The number of esters is 1. The van der Waals surface area contributed by atoms with E-state index in [0.717, 1.165) is 56.7 Å². The van der Waals surface area contributed by atoms with Crippen molar-refractivity contribution >= 4 is 11.7 Å². The molecule has 3 aliphatic heterocycles. The number of anilines is 1. The van der Waals surface area contributed by atoms with E-state index in [2.05, 4.69) is 17.0 Å². The summed E-state index contributed by atoms with van der Waals surface area (Å²) in [6, 6.07) is 6.08. The van der Waals surface area contributed by atoms with Crippen LogP contribution in [0.4, 0.5) is 5.69 Å². The average Bonchev–Trinajstić information content (AvgIpc) is 2.87. The predicted molar refractivity (Wildman–Crippen MR) is 94.7 cm³/mol. The molecule has 0 radical (unpaired) electrons. The van der Waals surface area contributed by atoms with E-state index in [-0.39, 0.29) is 12.3 Å². The Morgan fingerprint density at radius 1 is 1.12 bits per heavy atom. The fourth-order valence-electron chi connectivity index (χ4n) is 3.99. The Morgan fingerprint density at radius 2 is 2.08 bits per heavy atom. The normalized spacial score (nSPS) is 26.9. The molecule has 0 bridgehead atoms. The van der Waals surface area contributed by atoms with Crippen LogP contribution in [0.25, 0.3) is 0 Å². The van der Waals surface area contributed by atoms with Crippen LogP contribution in [-0.2, 0) is 20.8 Å². The highest BCUT2D eigenvalue weighted by molar-refractivity contribution is 5.93. The van der Waals surface area contributed by atoms with Crippen LogP contribution in [0, 0.1) is 5.92 Å². The highest BCUT2D eigenvalue weighted by atomic mass is 16.7. The van der Waals surface area contributed by atoms with Gasteiger partial charge in [0.05, 0.1) is 12.2 Å². The predicted octanol–water partition coefficient (Wildman–Crippen LogP) is 3.51. The average molecular weight is 345 g/mol. The Kier molecular flexibility index (Phi) is 5.22. The quantitative estimate of drug-likeness (QED) is 0.782. The first-order chi connectivity index (χ1) is 12.3. The number of carbonyl (C=O) groups excluding carboxylic acids is 1. The largest absolute Gasteiger partial charge is 0.457 e. The standard InChI is InChI=1S/C20H27NO4/c22-20-18-7-6-17(12-16(18)14-25-20)21-9-3-4-15(8-10-21)13-24-19-5-1-2-11-23-19/h6-7,12,15,19H,1-5,8-11,13-14H2. The lowest BCUT2D eigenvalue weighted by molar-refractivity contribution is -0.169. The SMILES string of the molecule is O=C1OCc2cc(N3CCCC(COC4CCCCO4)CC3)ccc21. The topological polar surface area (TPSA) is 48.0 Å². The third-order valence-corrected chi connectivity index (χ3v) is 5.54. The van der Waals surface area contributed by atoms with Gasteiger partial charge >= 0.3 is 5.97 Å². The summed E-state index contributed by atoms with van der Waals surface area (Å²) in [6.45, 7) is 4.16. The van der Waals surface area contributed by atoms with Crippen molar-refractivity contribution in [3.63, 3.8) is 0 Å². The molecule has 25 heavy (non-hydrogen) atoms. The molecule has 2 atom stereocenters. The molecule has 4 rings (SSSR count). The van der Waals surface area contributed by atoms with Gasteiger partial charge in [0.1, 0.15) is 6.61 Å². The van der Waals surface area contributed by atoms with E-state index >= 15 is 0 Å². The van der Waals surface area contributed by atoms with Crippen LogP contribution >= 0.6 is 0 Å². The molecular formula is C20H27NO4. The second kappa shape index (κ2) is 7.75. The van der Waals surface area contributed by atoms with Crippen molar-refractivity contribution in [2.45, 2.75) is 51.4 Å². The van der Waals surface area contributed by atoms with E-state index in [1.807, 2.05) is 6.07 Å². The van der Waals surface area contributed by atoms with E-state index in [4.69, 9.17) is 14.2 Å². The second-order valence-corrected chi connectivity index (χ2v) is 7.33. The highest BCUT2D eigenvalue weighted by Gasteiger charge is 2.24. The van der Waals surface area contributed by atoms with Gasteiger partial charge in [0, 0.05) is 30.9 Å². The number of cyclic esters (lactones) is 1. The van der Waals surface area contributed by atoms with Crippen molar-refractivity contribution < 1.29 is 19.0 Å². The molecule has 136 valence electrons. The molecule has 0 saturated carbocycles. The zero-order valence-electron chi connectivity index (χ0n) is 14.7. The van der Waals surface area contributed by atoms with Gasteiger partial charge in [-0.05, 0) is 62.6 Å². The minimum absolute atomic E-state index is 0.0161. The van der Waals surface area contributed by atoms with Crippen molar-refractivity contribution in [2.75, 3.05) is 31.2 Å². The van der Waals surface area contributed by atoms with E-state index in [1.165, 1.54) is 24.9 Å². The zero-order valence-corrected chi connectivity index (χ0v) is 14.7. The van der Waals surface area contributed by atoms with Crippen molar-refractivity contribution in [1.29, 1.82) is 0 Å². The van der Waals surface area contributed by atoms with Gasteiger partial charge in [0.15, 0.2) is 6.29 Å². The van der Waals surface area contributed by atoms with Crippen molar-refractivity contribution in [2.24, 2.45) is 5.92 Å². The van der Waals surface area contributed by atoms with Crippen molar-refractivity contribution in [3.8, 4) is 0 Å². The molecule has 0 N–H and O–H groups in total. The first-order valence-electron chi connectivity index (χ1n) is 9.58. The summed E-state index contributed by atoms with van der Waals surface area (Å²) in [6.07, 6.45) is 6.95. The molecule has 0 spiro atoms. The van der Waals surface area contributed by atoms with E-state index < -0.39 is 0 Å². The van der Waals surface area contributed by atoms with Gasteiger partial charge in [0.2, 0.25) is 0 Å². The second-order valence-electron chi connectivity index (χ2n) is 7.33. The fraction of sp³-hybridized carbons (Fsp3) is 0.650.